The number of Topliss-reactive ketones (excluding diaryl/α,β-unsaturated/α-hetero) is 1. The Morgan fingerprint density at radius 2 is 1.91 bits per heavy atom. The van der Waals surface area contributed by atoms with Gasteiger partial charge in [0.15, 0.2) is 5.78 Å². The fourth-order valence-electron chi connectivity index (χ4n) is 1.71. The summed E-state index contributed by atoms with van der Waals surface area (Å²) < 4.78 is 0. The maximum Gasteiger partial charge on any atom is 0.180 e. The van der Waals surface area contributed by atoms with Gasteiger partial charge in [-0.1, -0.05) is 38.1 Å². The van der Waals surface area contributed by atoms with Crippen LogP contribution in [0.25, 0.3) is 0 Å². The summed E-state index contributed by atoms with van der Waals surface area (Å²) in [5.41, 5.74) is 2.01. The molecule has 0 aliphatic heterocycles. The van der Waals surface area contributed by atoms with Crippen LogP contribution in [-0.4, -0.2) is 18.6 Å². The number of ketones is 1. The van der Waals surface area contributed by atoms with Gasteiger partial charge in [0.1, 0.15) is 18.8 Å². The number of hydrogen-bond acceptors (Lipinski definition) is 5. The predicted octanol–water partition coefficient (Wildman–Crippen LogP) is 3.49. The minimum atomic E-state index is -0.583. The molecule has 0 atom stereocenters. The van der Waals surface area contributed by atoms with E-state index < -0.39 is 5.41 Å². The third-order valence-electron chi connectivity index (χ3n) is 2.96. The van der Waals surface area contributed by atoms with Gasteiger partial charge in [0.25, 0.3) is 0 Å². The van der Waals surface area contributed by atoms with Crippen molar-refractivity contribution in [2.24, 2.45) is 10.6 Å². The summed E-state index contributed by atoms with van der Waals surface area (Å²) >= 11 is 0. The number of hydrogen-bond donors (Lipinski definition) is 1. The van der Waals surface area contributed by atoms with Crippen LogP contribution in [0.4, 0.5) is 5.69 Å². The van der Waals surface area contributed by atoms with Crippen molar-refractivity contribution < 1.29 is 9.63 Å². The number of carbonyl (C=O) groups excluding carboxylic acids is 1. The highest BCUT2D eigenvalue weighted by molar-refractivity contribution is 6.02. The van der Waals surface area contributed by atoms with Crippen LogP contribution in [-0.2, 0) is 9.63 Å². The first-order valence-electron chi connectivity index (χ1n) is 6.89. The molecule has 0 aliphatic rings. The SMILES string of the molecule is CO/N=C(\C)c1ccc(N/C=C(\C#N)C(=O)C(C)(C)C)cc1. The Kier molecular flexibility index (Phi) is 5.88. The number of nitriles is 1. The zero-order valence-corrected chi connectivity index (χ0v) is 13.6. The molecule has 0 aromatic heterocycles. The molecule has 0 fully saturated rings. The van der Waals surface area contributed by atoms with Crippen molar-refractivity contribution in [3.8, 4) is 6.07 Å². The lowest BCUT2D eigenvalue weighted by Crippen LogP contribution is -2.22. The van der Waals surface area contributed by atoms with Crippen LogP contribution in [0.3, 0.4) is 0 Å². The maximum atomic E-state index is 12.1. The lowest BCUT2D eigenvalue weighted by Gasteiger charge is -2.15. The number of nitrogens with one attached hydrogen (secondary N) is 1. The number of anilines is 1. The zero-order chi connectivity index (χ0) is 16.8. The monoisotopic (exact) mass is 299 g/mol. The molecule has 22 heavy (non-hydrogen) atoms. The van der Waals surface area contributed by atoms with E-state index in [1.54, 1.807) is 20.8 Å². The van der Waals surface area contributed by atoms with Gasteiger partial charge in [-0.15, -0.1) is 0 Å². The van der Waals surface area contributed by atoms with Crippen molar-refractivity contribution >= 4 is 17.2 Å². The highest BCUT2D eigenvalue weighted by Crippen LogP contribution is 2.20. The van der Waals surface area contributed by atoms with Crippen molar-refractivity contribution in [3.63, 3.8) is 0 Å². The van der Waals surface area contributed by atoms with Crippen LogP contribution in [0.5, 0.6) is 0 Å². The van der Waals surface area contributed by atoms with E-state index >= 15 is 0 Å². The normalized spacial score (nSPS) is 12.5. The minimum Gasteiger partial charge on any atom is -0.399 e. The van der Waals surface area contributed by atoms with E-state index in [1.807, 2.05) is 37.3 Å². The van der Waals surface area contributed by atoms with E-state index in [0.29, 0.717) is 0 Å². The number of benzene rings is 1. The molecule has 1 rings (SSSR count). The molecule has 0 radical (unpaired) electrons. The fourth-order valence-corrected chi connectivity index (χ4v) is 1.71. The van der Waals surface area contributed by atoms with Gasteiger partial charge in [-0.2, -0.15) is 5.26 Å². The van der Waals surface area contributed by atoms with Gasteiger partial charge < -0.3 is 10.2 Å². The molecule has 0 amide bonds. The Morgan fingerprint density at radius 3 is 2.36 bits per heavy atom. The van der Waals surface area contributed by atoms with E-state index in [4.69, 9.17) is 10.1 Å². The van der Waals surface area contributed by atoms with Crippen LogP contribution < -0.4 is 5.32 Å². The molecule has 1 aromatic carbocycles. The summed E-state index contributed by atoms with van der Waals surface area (Å²) in [5, 5.41) is 15.9. The topological polar surface area (TPSA) is 74.5 Å². The molecule has 1 N–H and O–H groups in total. The molecule has 116 valence electrons. The van der Waals surface area contributed by atoms with Crippen molar-refractivity contribution in [3.05, 3.63) is 41.6 Å². The van der Waals surface area contributed by atoms with E-state index in [2.05, 4.69) is 10.5 Å². The molecule has 5 nitrogen and oxygen atoms in total. The number of carbonyl (C=O) groups is 1. The summed E-state index contributed by atoms with van der Waals surface area (Å²) in [7, 11) is 1.50. The molecule has 5 heteroatoms. The highest BCUT2D eigenvalue weighted by Gasteiger charge is 2.24. The molecular weight excluding hydrogens is 278 g/mol. The van der Waals surface area contributed by atoms with Gasteiger partial charge in [0.05, 0.1) is 5.71 Å². The summed E-state index contributed by atoms with van der Waals surface area (Å²) in [6, 6.07) is 9.39. The third kappa shape index (κ3) is 4.74. The number of nitrogens with zero attached hydrogens (tertiary/aromatic N) is 2. The quantitative estimate of drug-likeness (QED) is 0.391. The van der Waals surface area contributed by atoms with Crippen LogP contribution >= 0.6 is 0 Å². The molecule has 0 heterocycles. The standard InChI is InChI=1S/C17H21N3O2/c1-12(20-22-5)13-6-8-15(9-7-13)19-11-14(10-18)16(21)17(2,3)4/h6-9,11,19H,1-5H3/b14-11+,20-12+. The number of rotatable bonds is 5. The second kappa shape index (κ2) is 7.41. The third-order valence-corrected chi connectivity index (χ3v) is 2.96. The van der Waals surface area contributed by atoms with Crippen LogP contribution in [0.15, 0.2) is 41.2 Å². The summed E-state index contributed by atoms with van der Waals surface area (Å²) in [5.74, 6) is -0.192. The Morgan fingerprint density at radius 1 is 1.32 bits per heavy atom. The van der Waals surface area contributed by atoms with E-state index in [9.17, 15) is 4.79 Å². The molecule has 0 bridgehead atoms. The average molecular weight is 299 g/mol. The second-order valence-electron chi connectivity index (χ2n) is 5.83. The van der Waals surface area contributed by atoms with Crippen LogP contribution in [0.1, 0.15) is 33.3 Å². The summed E-state index contributed by atoms with van der Waals surface area (Å²) in [4.78, 5) is 16.8. The molecule has 0 saturated carbocycles. The second-order valence-corrected chi connectivity index (χ2v) is 5.83. The van der Waals surface area contributed by atoms with Crippen molar-refractivity contribution in [1.29, 1.82) is 5.26 Å². The van der Waals surface area contributed by atoms with Gasteiger partial charge in [-0.25, -0.2) is 0 Å². The highest BCUT2D eigenvalue weighted by atomic mass is 16.6. The van der Waals surface area contributed by atoms with E-state index in [0.717, 1.165) is 17.0 Å². The predicted molar refractivity (Wildman–Crippen MR) is 87.4 cm³/mol. The first-order valence-corrected chi connectivity index (χ1v) is 6.89. The fraction of sp³-hybridized carbons (Fsp3) is 0.353. The lowest BCUT2D eigenvalue weighted by atomic mass is 9.87. The Labute approximate surface area is 131 Å². The van der Waals surface area contributed by atoms with Gasteiger partial charge in [0, 0.05) is 17.3 Å². The van der Waals surface area contributed by atoms with Crippen molar-refractivity contribution in [2.75, 3.05) is 12.4 Å². The zero-order valence-electron chi connectivity index (χ0n) is 13.6. The average Bonchev–Trinajstić information content (AvgIpc) is 2.47. The molecule has 0 aliphatic carbocycles. The van der Waals surface area contributed by atoms with E-state index in [-0.39, 0.29) is 11.4 Å². The van der Waals surface area contributed by atoms with Gasteiger partial charge in [-0.3, -0.25) is 4.79 Å². The Hall–Kier alpha value is -2.61. The largest absolute Gasteiger partial charge is 0.399 e. The van der Waals surface area contributed by atoms with Gasteiger partial charge in [-0.05, 0) is 24.6 Å². The van der Waals surface area contributed by atoms with Crippen molar-refractivity contribution in [1.82, 2.24) is 0 Å². The smallest absolute Gasteiger partial charge is 0.180 e. The number of allylic oxidation sites excluding steroid dienone is 1. The Bertz CT molecular complexity index is 629. The molecule has 0 saturated heterocycles. The van der Waals surface area contributed by atoms with Gasteiger partial charge in [0.2, 0.25) is 0 Å². The summed E-state index contributed by atoms with van der Waals surface area (Å²) in [6.07, 6.45) is 1.44. The summed E-state index contributed by atoms with van der Waals surface area (Å²) in [6.45, 7) is 7.20. The van der Waals surface area contributed by atoms with E-state index in [1.165, 1.54) is 13.3 Å². The number of oxime groups is 1. The molecule has 0 spiro atoms. The first kappa shape index (κ1) is 17.4. The Balaban J connectivity index is 2.88. The maximum absolute atomic E-state index is 12.1. The van der Waals surface area contributed by atoms with Crippen LogP contribution in [0, 0.1) is 16.7 Å². The first-order chi connectivity index (χ1) is 10.3. The van der Waals surface area contributed by atoms with Crippen molar-refractivity contribution in [2.45, 2.75) is 27.7 Å². The molecular formula is C17H21N3O2. The van der Waals surface area contributed by atoms with Crippen LogP contribution in [0.2, 0.25) is 0 Å². The lowest BCUT2D eigenvalue weighted by molar-refractivity contribution is -0.122. The molecule has 1 aromatic rings. The molecule has 0 unspecified atom stereocenters. The minimum absolute atomic E-state index is 0.105. The van der Waals surface area contributed by atoms with Gasteiger partial charge >= 0.3 is 0 Å².